The Hall–Kier alpha value is -6.96. The lowest BCUT2D eigenvalue weighted by Crippen LogP contribution is -2.43. The number of carbonyl (C=O) groups is 4. The molecule has 2 aliphatic rings. The highest BCUT2D eigenvalue weighted by molar-refractivity contribution is 5.91. The number of nitrogens with zero attached hydrogens (tertiary/aromatic N) is 4. The molecule has 0 spiro atoms. The minimum Gasteiger partial charge on any atom is -0.453 e. The SMILES string of the molecule is COC(=O)NCC(=O)N1CCC[C@H]1c1ncc(-c2ccc3cc(-c4ccc(-c5cnc([C@@H]6CCCN6C(=O)[C@H](NC(=O)OC)c6ccccc6C)[nH]5)cc4)ccc3c2)[nH]1. The molecule has 4 aromatic carbocycles. The maximum absolute atomic E-state index is 14.0. The molecule has 302 valence electrons. The molecule has 4 amide bonds. The van der Waals surface area contributed by atoms with Crippen molar-refractivity contribution >= 4 is 34.8 Å². The maximum atomic E-state index is 14.0. The highest BCUT2D eigenvalue weighted by Gasteiger charge is 2.37. The summed E-state index contributed by atoms with van der Waals surface area (Å²) in [6, 6.07) is 27.2. The first-order chi connectivity index (χ1) is 28.7. The Morgan fingerprint density at radius 1 is 0.712 bits per heavy atom. The van der Waals surface area contributed by atoms with Crippen LogP contribution in [0.5, 0.6) is 0 Å². The van der Waals surface area contributed by atoms with Gasteiger partial charge in [-0.2, -0.15) is 0 Å². The number of methoxy groups -OCH3 is 2. The van der Waals surface area contributed by atoms with Crippen LogP contribution in [0.3, 0.4) is 0 Å². The average molecular weight is 795 g/mol. The van der Waals surface area contributed by atoms with Gasteiger partial charge in [0.2, 0.25) is 5.91 Å². The number of likely N-dealkylation sites (tertiary alicyclic amines) is 2. The predicted octanol–water partition coefficient (Wildman–Crippen LogP) is 7.38. The summed E-state index contributed by atoms with van der Waals surface area (Å²) in [5.41, 5.74) is 7.47. The first kappa shape index (κ1) is 38.9. The molecule has 2 aliphatic heterocycles. The second-order valence-electron chi connectivity index (χ2n) is 14.9. The molecule has 14 heteroatoms. The van der Waals surface area contributed by atoms with Gasteiger partial charge in [0.05, 0.1) is 50.1 Å². The van der Waals surface area contributed by atoms with Crippen molar-refractivity contribution in [3.05, 3.63) is 120 Å². The van der Waals surface area contributed by atoms with Crippen molar-refractivity contribution < 1.29 is 28.7 Å². The summed E-state index contributed by atoms with van der Waals surface area (Å²) in [7, 11) is 2.55. The van der Waals surface area contributed by atoms with Gasteiger partial charge in [-0.3, -0.25) is 9.59 Å². The summed E-state index contributed by atoms with van der Waals surface area (Å²) >= 11 is 0. The molecule has 4 heterocycles. The maximum Gasteiger partial charge on any atom is 0.407 e. The first-order valence-corrected chi connectivity index (χ1v) is 19.8. The van der Waals surface area contributed by atoms with Gasteiger partial charge in [-0.05, 0) is 83.3 Å². The molecule has 2 saturated heterocycles. The number of carbonyl (C=O) groups excluding carboxylic acids is 4. The molecule has 0 radical (unpaired) electrons. The quantitative estimate of drug-likeness (QED) is 0.111. The van der Waals surface area contributed by atoms with Crippen molar-refractivity contribution in [2.75, 3.05) is 33.9 Å². The van der Waals surface area contributed by atoms with Gasteiger partial charge in [-0.1, -0.05) is 72.8 Å². The van der Waals surface area contributed by atoms with Crippen molar-refractivity contribution in [3.63, 3.8) is 0 Å². The number of hydrogen-bond donors (Lipinski definition) is 4. The molecule has 59 heavy (non-hydrogen) atoms. The normalized spacial score (nSPS) is 16.9. The third-order valence-corrected chi connectivity index (χ3v) is 11.4. The van der Waals surface area contributed by atoms with E-state index in [0.717, 1.165) is 87.0 Å². The highest BCUT2D eigenvalue weighted by atomic mass is 16.5. The molecule has 0 unspecified atom stereocenters. The second kappa shape index (κ2) is 16.9. The fourth-order valence-corrected chi connectivity index (χ4v) is 8.25. The minimum atomic E-state index is -0.883. The van der Waals surface area contributed by atoms with E-state index in [1.807, 2.05) is 37.4 Å². The van der Waals surface area contributed by atoms with Gasteiger partial charge in [0.15, 0.2) is 0 Å². The molecule has 3 atom stereocenters. The number of fused-ring (bicyclic) bond motifs is 1. The van der Waals surface area contributed by atoms with E-state index < -0.39 is 18.2 Å². The average Bonchev–Trinajstić information content (AvgIpc) is 4.11. The fourth-order valence-electron chi connectivity index (χ4n) is 8.25. The monoisotopic (exact) mass is 794 g/mol. The van der Waals surface area contributed by atoms with Crippen LogP contribution in [0.4, 0.5) is 9.59 Å². The number of H-pyrrole nitrogens is 2. The summed E-state index contributed by atoms with van der Waals surface area (Å²) in [5.74, 6) is 1.05. The van der Waals surface area contributed by atoms with Crippen LogP contribution in [-0.4, -0.2) is 87.6 Å². The Kier molecular flexibility index (Phi) is 11.1. The smallest absolute Gasteiger partial charge is 0.407 e. The number of rotatable bonds is 10. The van der Waals surface area contributed by atoms with Crippen LogP contribution in [0.25, 0.3) is 44.4 Å². The van der Waals surface area contributed by atoms with Gasteiger partial charge in [0.1, 0.15) is 24.2 Å². The standard InChI is InChI=1S/C45H46N8O6/c1-27-8-4-5-9-34(27)40(51-45(57)59-3)43(55)53-21-7-11-38(53)42-46-24-35(49-42)29-14-12-28(13-15-29)30-16-17-32-23-33(19-18-31(32)22-30)36-25-47-41(50-36)37-10-6-20-52(37)39(54)26-48-44(56)58-2/h4-5,8-9,12-19,22-25,37-38,40H,6-7,10-11,20-21,26H2,1-3H3,(H,46,49)(H,47,50)(H,48,56)(H,51,57)/t37-,38-,40+/m0/s1. The van der Waals surface area contributed by atoms with Crippen LogP contribution in [0.15, 0.2) is 97.3 Å². The Morgan fingerprint density at radius 2 is 1.27 bits per heavy atom. The number of aryl methyl sites for hydroxylation is 1. The van der Waals surface area contributed by atoms with E-state index in [0.29, 0.717) is 18.9 Å². The molecule has 0 saturated carbocycles. The van der Waals surface area contributed by atoms with Crippen molar-refractivity contribution in [1.29, 1.82) is 0 Å². The number of aromatic amines is 2. The van der Waals surface area contributed by atoms with Gasteiger partial charge >= 0.3 is 12.2 Å². The third-order valence-electron chi connectivity index (χ3n) is 11.4. The Bertz CT molecular complexity index is 2510. The number of aromatic nitrogens is 4. The van der Waals surface area contributed by atoms with Crippen LogP contribution in [-0.2, 0) is 19.1 Å². The van der Waals surface area contributed by atoms with E-state index in [4.69, 9.17) is 9.72 Å². The molecule has 6 aromatic rings. The van der Waals surface area contributed by atoms with Gasteiger partial charge in [0.25, 0.3) is 5.91 Å². The number of alkyl carbamates (subject to hydrolysis) is 2. The fraction of sp³-hybridized carbons (Fsp3) is 0.289. The van der Waals surface area contributed by atoms with Crippen molar-refractivity contribution in [3.8, 4) is 33.6 Å². The number of imidazole rings is 2. The topological polar surface area (TPSA) is 175 Å². The molecule has 4 N–H and O–H groups in total. The molecule has 2 aromatic heterocycles. The summed E-state index contributed by atoms with van der Waals surface area (Å²) in [6.07, 6.45) is 5.53. The van der Waals surface area contributed by atoms with E-state index >= 15 is 0 Å². The predicted molar refractivity (Wildman–Crippen MR) is 222 cm³/mol. The van der Waals surface area contributed by atoms with E-state index in [9.17, 15) is 19.2 Å². The second-order valence-corrected chi connectivity index (χ2v) is 14.9. The van der Waals surface area contributed by atoms with E-state index in [1.165, 1.54) is 14.2 Å². The molecule has 14 nitrogen and oxygen atoms in total. The number of ether oxygens (including phenoxy) is 2. The molecular formula is C45H46N8O6. The van der Waals surface area contributed by atoms with Gasteiger partial charge in [-0.25, -0.2) is 19.6 Å². The number of nitrogens with one attached hydrogen (secondary N) is 4. The number of hydrogen-bond acceptors (Lipinski definition) is 8. The molecular weight excluding hydrogens is 749 g/mol. The lowest BCUT2D eigenvalue weighted by atomic mass is 9.98. The lowest BCUT2D eigenvalue weighted by molar-refractivity contribution is -0.134. The third kappa shape index (κ3) is 8.11. The van der Waals surface area contributed by atoms with Crippen LogP contribution in [0.1, 0.15) is 66.6 Å². The zero-order chi connectivity index (χ0) is 41.0. The Labute approximate surface area is 341 Å². The zero-order valence-electron chi connectivity index (χ0n) is 33.2. The van der Waals surface area contributed by atoms with E-state index in [1.54, 1.807) is 16.0 Å². The molecule has 8 rings (SSSR count). The summed E-state index contributed by atoms with van der Waals surface area (Å²) in [6.45, 7) is 2.95. The lowest BCUT2D eigenvalue weighted by Gasteiger charge is -2.29. The molecule has 0 bridgehead atoms. The van der Waals surface area contributed by atoms with Crippen molar-refractivity contribution in [1.82, 2.24) is 40.4 Å². The molecule has 2 fully saturated rings. The zero-order valence-corrected chi connectivity index (χ0v) is 33.2. The summed E-state index contributed by atoms with van der Waals surface area (Å²) in [4.78, 5) is 70.5. The molecule has 0 aliphatic carbocycles. The largest absolute Gasteiger partial charge is 0.453 e. The van der Waals surface area contributed by atoms with Crippen molar-refractivity contribution in [2.45, 2.75) is 50.7 Å². The Balaban J connectivity index is 0.942. The number of benzene rings is 4. The highest BCUT2D eigenvalue weighted by Crippen LogP contribution is 2.36. The summed E-state index contributed by atoms with van der Waals surface area (Å²) in [5, 5.41) is 7.41. The number of amides is 4. The van der Waals surface area contributed by atoms with Crippen molar-refractivity contribution in [2.24, 2.45) is 0 Å². The van der Waals surface area contributed by atoms with Crippen LogP contribution < -0.4 is 10.6 Å². The van der Waals surface area contributed by atoms with Crippen LogP contribution in [0, 0.1) is 6.92 Å². The van der Waals surface area contributed by atoms with Gasteiger partial charge in [0, 0.05) is 18.7 Å². The Morgan fingerprint density at radius 3 is 1.93 bits per heavy atom. The van der Waals surface area contributed by atoms with Crippen LogP contribution >= 0.6 is 0 Å². The van der Waals surface area contributed by atoms with Gasteiger partial charge in [-0.15, -0.1) is 0 Å². The van der Waals surface area contributed by atoms with E-state index in [-0.39, 0.29) is 30.4 Å². The van der Waals surface area contributed by atoms with Gasteiger partial charge < -0.3 is 39.9 Å². The minimum absolute atomic E-state index is 0.126. The summed E-state index contributed by atoms with van der Waals surface area (Å²) < 4.78 is 9.46. The first-order valence-electron chi connectivity index (χ1n) is 19.8. The van der Waals surface area contributed by atoms with E-state index in [2.05, 4.69) is 91.0 Å². The van der Waals surface area contributed by atoms with Crippen LogP contribution in [0.2, 0.25) is 0 Å².